The van der Waals surface area contributed by atoms with Crippen molar-refractivity contribution < 1.29 is 14.6 Å². The van der Waals surface area contributed by atoms with Crippen molar-refractivity contribution in [1.82, 2.24) is 0 Å². The van der Waals surface area contributed by atoms with E-state index in [1.165, 1.54) is 0 Å². The van der Waals surface area contributed by atoms with Gasteiger partial charge in [-0.05, 0) is 28.1 Å². The van der Waals surface area contributed by atoms with Crippen LogP contribution < -0.4 is 15.8 Å². The van der Waals surface area contributed by atoms with Crippen LogP contribution in [0, 0.1) is 0 Å². The number of hydrogen-bond donors (Lipinski definition) is 3. The Morgan fingerprint density at radius 2 is 2.05 bits per heavy atom. The lowest BCUT2D eigenvalue weighted by atomic mass is 10.1. The van der Waals surface area contributed by atoms with Crippen molar-refractivity contribution >= 4 is 27.5 Å². The molecule has 2 aromatic carbocycles. The maximum absolute atomic E-state index is 11.6. The summed E-state index contributed by atoms with van der Waals surface area (Å²) in [6.07, 6.45) is 0. The number of carbonyl (C=O) groups excluding carboxylic acids is 1. The van der Waals surface area contributed by atoms with Gasteiger partial charge in [0.25, 0.3) is 0 Å². The van der Waals surface area contributed by atoms with Crippen LogP contribution >= 0.6 is 15.9 Å². The van der Waals surface area contributed by atoms with Crippen LogP contribution in [0.25, 0.3) is 0 Å². The van der Waals surface area contributed by atoms with E-state index in [1.54, 1.807) is 24.3 Å². The molecule has 0 radical (unpaired) electrons. The second-order valence-corrected chi connectivity index (χ2v) is 5.56. The fourth-order valence-corrected chi connectivity index (χ4v) is 2.66. The van der Waals surface area contributed by atoms with E-state index in [0.717, 1.165) is 5.56 Å². The van der Waals surface area contributed by atoms with E-state index in [2.05, 4.69) is 21.2 Å². The highest BCUT2D eigenvalue weighted by Gasteiger charge is 2.28. The number of ether oxygens (including phenoxy) is 1. The number of aliphatic hydroxyl groups is 1. The number of fused-ring (bicyclic) bond motifs is 1. The summed E-state index contributed by atoms with van der Waals surface area (Å²) in [4.78, 5) is 11.6. The number of nitrogens with one attached hydrogen (secondary N) is 1. The fraction of sp³-hybridized carbons (Fsp3) is 0.133. The molecule has 108 valence electrons. The van der Waals surface area contributed by atoms with E-state index in [0.29, 0.717) is 27.2 Å². The Morgan fingerprint density at radius 3 is 2.81 bits per heavy atom. The van der Waals surface area contributed by atoms with Gasteiger partial charge in [0.05, 0.1) is 11.1 Å². The van der Waals surface area contributed by atoms with Gasteiger partial charge in [0.1, 0.15) is 17.5 Å². The first-order valence-corrected chi connectivity index (χ1v) is 7.16. The third-order valence-electron chi connectivity index (χ3n) is 3.34. The van der Waals surface area contributed by atoms with Crippen molar-refractivity contribution in [2.45, 2.75) is 12.6 Å². The lowest BCUT2D eigenvalue weighted by Crippen LogP contribution is -2.19. The lowest BCUT2D eigenvalue weighted by Gasteiger charge is -2.12. The molecule has 1 atom stereocenters. The van der Waals surface area contributed by atoms with Crippen LogP contribution in [-0.4, -0.2) is 11.0 Å². The molecule has 1 amide bonds. The molecular formula is C15H13BrN2O3. The second kappa shape index (κ2) is 5.48. The normalized spacial score (nSPS) is 16.5. The maximum Gasteiger partial charge on any atom is 0.245 e. The summed E-state index contributed by atoms with van der Waals surface area (Å²) in [7, 11) is 0. The monoisotopic (exact) mass is 348 g/mol. The van der Waals surface area contributed by atoms with Crippen LogP contribution in [0.4, 0.5) is 5.69 Å². The van der Waals surface area contributed by atoms with Gasteiger partial charge in [0, 0.05) is 22.9 Å². The summed E-state index contributed by atoms with van der Waals surface area (Å²) in [5, 5.41) is 12.0. The van der Waals surface area contributed by atoms with Crippen molar-refractivity contribution in [2.75, 3.05) is 5.32 Å². The molecule has 0 aliphatic carbocycles. The molecule has 1 aliphatic heterocycles. The predicted molar refractivity (Wildman–Crippen MR) is 82.1 cm³/mol. The standard InChI is InChI=1S/C15H13BrN2O3/c16-10-5-9-11(18-15(20)14(9)17)6-13(10)21-12-4-2-1-3-8(12)7-19/h1-6,14,19H,7,17H2,(H,18,20). The highest BCUT2D eigenvalue weighted by Crippen LogP contribution is 2.40. The van der Waals surface area contributed by atoms with Crippen LogP contribution in [0.5, 0.6) is 11.5 Å². The highest BCUT2D eigenvalue weighted by atomic mass is 79.9. The second-order valence-electron chi connectivity index (χ2n) is 4.70. The van der Waals surface area contributed by atoms with Crippen LogP contribution in [0.3, 0.4) is 0 Å². The minimum atomic E-state index is -0.657. The molecule has 0 saturated carbocycles. The minimum Gasteiger partial charge on any atom is -0.456 e. The Bertz CT molecular complexity index is 718. The first kappa shape index (κ1) is 14.1. The lowest BCUT2D eigenvalue weighted by molar-refractivity contribution is -0.116. The number of carbonyl (C=O) groups is 1. The van der Waals surface area contributed by atoms with Crippen molar-refractivity contribution in [2.24, 2.45) is 5.73 Å². The summed E-state index contributed by atoms with van der Waals surface area (Å²) in [6, 6.07) is 10.1. The number of aliphatic hydroxyl groups excluding tert-OH is 1. The molecule has 21 heavy (non-hydrogen) atoms. The van der Waals surface area contributed by atoms with Gasteiger partial charge in [-0.2, -0.15) is 0 Å². The molecule has 0 spiro atoms. The Balaban J connectivity index is 1.98. The summed E-state index contributed by atoms with van der Waals surface area (Å²) in [5.74, 6) is 0.878. The van der Waals surface area contributed by atoms with Crippen molar-refractivity contribution in [3.63, 3.8) is 0 Å². The average molecular weight is 349 g/mol. The first-order valence-electron chi connectivity index (χ1n) is 6.36. The number of hydrogen-bond acceptors (Lipinski definition) is 4. The molecule has 3 rings (SSSR count). The third-order valence-corrected chi connectivity index (χ3v) is 3.96. The van der Waals surface area contributed by atoms with E-state index in [9.17, 15) is 9.90 Å². The number of rotatable bonds is 3. The van der Waals surface area contributed by atoms with Crippen LogP contribution in [0.1, 0.15) is 17.2 Å². The molecule has 1 aliphatic rings. The van der Waals surface area contributed by atoms with Gasteiger partial charge in [0.15, 0.2) is 0 Å². The van der Waals surface area contributed by atoms with Crippen LogP contribution in [-0.2, 0) is 11.4 Å². The number of anilines is 1. The molecule has 0 aromatic heterocycles. The first-order chi connectivity index (χ1) is 10.1. The summed E-state index contributed by atoms with van der Waals surface area (Å²) < 4.78 is 6.52. The zero-order valence-corrected chi connectivity index (χ0v) is 12.6. The van der Waals surface area contributed by atoms with E-state index < -0.39 is 6.04 Å². The van der Waals surface area contributed by atoms with E-state index in [1.807, 2.05) is 12.1 Å². The van der Waals surface area contributed by atoms with Crippen molar-refractivity contribution in [1.29, 1.82) is 0 Å². The smallest absolute Gasteiger partial charge is 0.245 e. The predicted octanol–water partition coefficient (Wildman–Crippen LogP) is 2.69. The van der Waals surface area contributed by atoms with Gasteiger partial charge < -0.3 is 20.9 Å². The van der Waals surface area contributed by atoms with Crippen LogP contribution in [0.2, 0.25) is 0 Å². The average Bonchev–Trinajstić information content (AvgIpc) is 2.75. The zero-order chi connectivity index (χ0) is 15.0. The topological polar surface area (TPSA) is 84.6 Å². The van der Waals surface area contributed by atoms with Gasteiger partial charge in [-0.3, -0.25) is 4.79 Å². The summed E-state index contributed by atoms with van der Waals surface area (Å²) >= 11 is 3.42. The van der Waals surface area contributed by atoms with Gasteiger partial charge in [-0.25, -0.2) is 0 Å². The van der Waals surface area contributed by atoms with Gasteiger partial charge in [0.2, 0.25) is 5.91 Å². The Labute approximate surface area is 129 Å². The zero-order valence-electron chi connectivity index (χ0n) is 11.0. The molecule has 1 unspecified atom stereocenters. The number of nitrogens with two attached hydrogens (primary N) is 1. The van der Waals surface area contributed by atoms with Gasteiger partial charge in [-0.15, -0.1) is 0 Å². The summed E-state index contributed by atoms with van der Waals surface area (Å²) in [5.41, 5.74) is 7.86. The number of benzene rings is 2. The minimum absolute atomic E-state index is 0.111. The van der Waals surface area contributed by atoms with Gasteiger partial charge >= 0.3 is 0 Å². The Kier molecular flexibility index (Phi) is 3.67. The third kappa shape index (κ3) is 2.53. The SMILES string of the molecule is NC1C(=O)Nc2cc(Oc3ccccc3CO)c(Br)cc21. The molecule has 4 N–H and O–H groups in total. The van der Waals surface area contributed by atoms with Crippen LogP contribution in [0.15, 0.2) is 40.9 Å². The fourth-order valence-electron chi connectivity index (χ4n) is 2.22. The molecule has 0 saturated heterocycles. The van der Waals surface area contributed by atoms with Crippen molar-refractivity contribution in [3.05, 3.63) is 52.0 Å². The molecular weight excluding hydrogens is 336 g/mol. The molecule has 5 nitrogen and oxygen atoms in total. The largest absolute Gasteiger partial charge is 0.456 e. The molecule has 2 aromatic rings. The van der Waals surface area contributed by atoms with E-state index in [-0.39, 0.29) is 12.5 Å². The molecule has 0 fully saturated rings. The number of para-hydroxylation sites is 1. The Morgan fingerprint density at radius 1 is 1.29 bits per heavy atom. The van der Waals surface area contributed by atoms with E-state index in [4.69, 9.17) is 10.5 Å². The summed E-state index contributed by atoms with van der Waals surface area (Å²) in [6.45, 7) is -0.111. The number of halogens is 1. The molecule has 1 heterocycles. The quantitative estimate of drug-likeness (QED) is 0.796. The molecule has 0 bridgehead atoms. The van der Waals surface area contributed by atoms with E-state index >= 15 is 0 Å². The van der Waals surface area contributed by atoms with Crippen molar-refractivity contribution in [3.8, 4) is 11.5 Å². The van der Waals surface area contributed by atoms with Gasteiger partial charge in [-0.1, -0.05) is 18.2 Å². The maximum atomic E-state index is 11.6. The Hall–Kier alpha value is -1.89. The molecule has 6 heteroatoms. The number of amides is 1. The highest BCUT2D eigenvalue weighted by molar-refractivity contribution is 9.10.